The second kappa shape index (κ2) is 8.45. The van der Waals surface area contributed by atoms with Crippen molar-refractivity contribution in [3.63, 3.8) is 0 Å². The number of halogens is 1. The zero-order valence-corrected chi connectivity index (χ0v) is 12.8. The molecule has 0 aliphatic heterocycles. The summed E-state index contributed by atoms with van der Waals surface area (Å²) in [5, 5.41) is 3.00. The lowest BCUT2D eigenvalue weighted by Gasteiger charge is -2.24. The van der Waals surface area contributed by atoms with E-state index >= 15 is 0 Å². The fourth-order valence-electron chi connectivity index (χ4n) is 1.50. The van der Waals surface area contributed by atoms with Crippen LogP contribution in [0.4, 0.5) is 0 Å². The van der Waals surface area contributed by atoms with Gasteiger partial charge >= 0.3 is 0 Å². The van der Waals surface area contributed by atoms with Crippen molar-refractivity contribution >= 4 is 29.7 Å². The van der Waals surface area contributed by atoms with Crippen molar-refractivity contribution in [3.8, 4) is 0 Å². The van der Waals surface area contributed by atoms with Crippen LogP contribution >= 0.6 is 23.7 Å². The van der Waals surface area contributed by atoms with E-state index < -0.39 is 0 Å². The minimum absolute atomic E-state index is 0. The molecule has 6 heteroatoms. The van der Waals surface area contributed by atoms with Gasteiger partial charge in [0.1, 0.15) is 0 Å². The smallest absolute Gasteiger partial charge is 0.239 e. The molecule has 0 bridgehead atoms. The summed E-state index contributed by atoms with van der Waals surface area (Å²) in [6.45, 7) is 4.74. The first-order valence-corrected chi connectivity index (χ1v) is 6.83. The minimum Gasteiger partial charge on any atom is -0.344 e. The third-order valence-corrected chi connectivity index (χ3v) is 3.90. The van der Waals surface area contributed by atoms with Crippen molar-refractivity contribution in [1.82, 2.24) is 9.88 Å². The standard InChI is InChI=1S/C12H21N3OS.ClH/c1-4-9(2)11(13)12(16)15(3)7-5-10-14-6-8-17-10;/h6,8-9,11H,4-5,7,13H2,1-3H3;1H. The molecule has 2 unspecified atom stereocenters. The van der Waals surface area contributed by atoms with Gasteiger partial charge in [0.05, 0.1) is 11.0 Å². The van der Waals surface area contributed by atoms with Crippen LogP contribution in [-0.2, 0) is 11.2 Å². The molecular weight excluding hydrogens is 270 g/mol. The molecule has 104 valence electrons. The van der Waals surface area contributed by atoms with Gasteiger partial charge in [-0.3, -0.25) is 4.79 Å². The monoisotopic (exact) mass is 291 g/mol. The molecular formula is C12H22ClN3OS. The number of hydrogen-bond donors (Lipinski definition) is 1. The number of carbonyl (C=O) groups is 1. The van der Waals surface area contributed by atoms with Crippen LogP contribution in [0.25, 0.3) is 0 Å². The second-order valence-corrected chi connectivity index (χ2v) is 5.33. The molecule has 1 heterocycles. The first kappa shape index (κ1) is 17.4. The largest absolute Gasteiger partial charge is 0.344 e. The van der Waals surface area contributed by atoms with Crippen molar-refractivity contribution in [2.24, 2.45) is 11.7 Å². The van der Waals surface area contributed by atoms with Crippen molar-refractivity contribution in [2.45, 2.75) is 32.7 Å². The summed E-state index contributed by atoms with van der Waals surface area (Å²) < 4.78 is 0. The molecule has 0 spiro atoms. The van der Waals surface area contributed by atoms with Crippen molar-refractivity contribution in [2.75, 3.05) is 13.6 Å². The zero-order chi connectivity index (χ0) is 12.8. The zero-order valence-electron chi connectivity index (χ0n) is 11.1. The molecule has 0 fully saturated rings. The van der Waals surface area contributed by atoms with Crippen LogP contribution in [0, 0.1) is 5.92 Å². The van der Waals surface area contributed by atoms with E-state index in [9.17, 15) is 4.79 Å². The fraction of sp³-hybridized carbons (Fsp3) is 0.667. The number of likely N-dealkylation sites (N-methyl/N-ethyl adjacent to an activating group) is 1. The minimum atomic E-state index is -0.388. The van der Waals surface area contributed by atoms with Crippen LogP contribution in [0.5, 0.6) is 0 Å². The topological polar surface area (TPSA) is 59.2 Å². The number of nitrogens with two attached hydrogens (primary N) is 1. The van der Waals surface area contributed by atoms with E-state index in [1.165, 1.54) is 0 Å². The predicted octanol–water partition coefficient (Wildman–Crippen LogP) is 1.94. The van der Waals surface area contributed by atoms with E-state index in [0.717, 1.165) is 17.8 Å². The maximum atomic E-state index is 12.0. The molecule has 2 atom stereocenters. The van der Waals surface area contributed by atoms with Gasteiger partial charge in [-0.15, -0.1) is 23.7 Å². The molecule has 1 amide bonds. The molecule has 1 aromatic rings. The van der Waals surface area contributed by atoms with E-state index in [1.54, 1.807) is 29.5 Å². The van der Waals surface area contributed by atoms with Gasteiger partial charge in [-0.1, -0.05) is 20.3 Å². The highest BCUT2D eigenvalue weighted by atomic mass is 35.5. The highest BCUT2D eigenvalue weighted by molar-refractivity contribution is 7.09. The van der Waals surface area contributed by atoms with Gasteiger partial charge in [0.15, 0.2) is 0 Å². The van der Waals surface area contributed by atoms with Gasteiger partial charge in [0.2, 0.25) is 5.91 Å². The van der Waals surface area contributed by atoms with Crippen LogP contribution in [-0.4, -0.2) is 35.4 Å². The van der Waals surface area contributed by atoms with Gasteiger partial charge < -0.3 is 10.6 Å². The highest BCUT2D eigenvalue weighted by Gasteiger charge is 2.22. The summed E-state index contributed by atoms with van der Waals surface area (Å²) in [7, 11) is 1.80. The third kappa shape index (κ3) is 4.92. The van der Waals surface area contributed by atoms with Crippen LogP contribution in [0.1, 0.15) is 25.3 Å². The molecule has 2 N–H and O–H groups in total. The number of carbonyl (C=O) groups excluding carboxylic acids is 1. The fourth-order valence-corrected chi connectivity index (χ4v) is 2.11. The van der Waals surface area contributed by atoms with Gasteiger partial charge in [-0.05, 0) is 5.92 Å². The Hall–Kier alpha value is -0.650. The summed E-state index contributed by atoms with van der Waals surface area (Å²) in [4.78, 5) is 17.9. The van der Waals surface area contributed by atoms with Crippen LogP contribution < -0.4 is 5.73 Å². The van der Waals surface area contributed by atoms with E-state index in [4.69, 9.17) is 5.73 Å². The van der Waals surface area contributed by atoms with E-state index in [1.807, 2.05) is 19.2 Å². The Morgan fingerprint density at radius 1 is 1.61 bits per heavy atom. The molecule has 0 aliphatic rings. The Bertz CT molecular complexity index is 345. The summed E-state index contributed by atoms with van der Waals surface area (Å²) in [6.07, 6.45) is 3.51. The second-order valence-electron chi connectivity index (χ2n) is 4.35. The van der Waals surface area contributed by atoms with Crippen molar-refractivity contribution in [1.29, 1.82) is 0 Å². The first-order valence-electron chi connectivity index (χ1n) is 5.95. The Morgan fingerprint density at radius 2 is 2.28 bits per heavy atom. The molecule has 1 aromatic heterocycles. The Balaban J connectivity index is 0.00000289. The van der Waals surface area contributed by atoms with Gasteiger partial charge in [-0.2, -0.15) is 0 Å². The normalized spacial score (nSPS) is 13.6. The summed E-state index contributed by atoms with van der Waals surface area (Å²) in [6, 6.07) is -0.388. The van der Waals surface area contributed by atoms with E-state index in [2.05, 4.69) is 4.98 Å². The average molecular weight is 292 g/mol. The van der Waals surface area contributed by atoms with E-state index in [-0.39, 0.29) is 30.3 Å². The quantitative estimate of drug-likeness (QED) is 0.871. The highest BCUT2D eigenvalue weighted by Crippen LogP contribution is 2.09. The maximum absolute atomic E-state index is 12.0. The molecule has 18 heavy (non-hydrogen) atoms. The molecule has 4 nitrogen and oxygen atoms in total. The lowest BCUT2D eigenvalue weighted by atomic mass is 9.99. The third-order valence-electron chi connectivity index (χ3n) is 3.06. The molecule has 1 rings (SSSR count). The van der Waals surface area contributed by atoms with Crippen LogP contribution in [0.2, 0.25) is 0 Å². The number of rotatable bonds is 6. The Morgan fingerprint density at radius 3 is 2.78 bits per heavy atom. The number of aromatic nitrogens is 1. The summed E-state index contributed by atoms with van der Waals surface area (Å²) in [5.74, 6) is 0.251. The number of thiazole rings is 1. The lowest BCUT2D eigenvalue weighted by Crippen LogP contribution is -2.46. The maximum Gasteiger partial charge on any atom is 0.239 e. The summed E-state index contributed by atoms with van der Waals surface area (Å²) in [5.41, 5.74) is 5.92. The Labute approximate surface area is 119 Å². The van der Waals surface area contributed by atoms with Gasteiger partial charge in [-0.25, -0.2) is 4.98 Å². The molecule has 0 saturated heterocycles. The first-order chi connectivity index (χ1) is 8.06. The SMILES string of the molecule is CCC(C)C(N)C(=O)N(C)CCc1nccs1.Cl. The Kier molecular flexibility index (Phi) is 8.15. The summed E-state index contributed by atoms with van der Waals surface area (Å²) >= 11 is 1.62. The number of amides is 1. The molecule has 0 radical (unpaired) electrons. The lowest BCUT2D eigenvalue weighted by molar-refractivity contribution is -0.132. The molecule has 0 saturated carbocycles. The number of nitrogens with zero attached hydrogens (tertiary/aromatic N) is 2. The van der Waals surface area contributed by atoms with Crippen LogP contribution in [0.3, 0.4) is 0 Å². The van der Waals surface area contributed by atoms with Crippen molar-refractivity contribution < 1.29 is 4.79 Å². The van der Waals surface area contributed by atoms with Gasteiger partial charge in [0.25, 0.3) is 0 Å². The average Bonchev–Trinajstić information content (AvgIpc) is 2.86. The van der Waals surface area contributed by atoms with E-state index in [0.29, 0.717) is 6.54 Å². The van der Waals surface area contributed by atoms with Crippen LogP contribution in [0.15, 0.2) is 11.6 Å². The molecule has 0 aromatic carbocycles. The molecule has 0 aliphatic carbocycles. The predicted molar refractivity (Wildman–Crippen MR) is 78.1 cm³/mol. The van der Waals surface area contributed by atoms with Crippen molar-refractivity contribution in [3.05, 3.63) is 16.6 Å². The number of hydrogen-bond acceptors (Lipinski definition) is 4. The van der Waals surface area contributed by atoms with Gasteiger partial charge in [0, 0.05) is 31.6 Å².